The Bertz CT molecular complexity index is 265. The van der Waals surface area contributed by atoms with Crippen LogP contribution in [-0.2, 0) is 13.1 Å². The number of nitrogen functional groups attached to an aromatic ring is 1. The highest BCUT2D eigenvalue weighted by atomic mass is 15.3. The Kier molecular flexibility index (Phi) is 3.31. The van der Waals surface area contributed by atoms with E-state index in [1.807, 2.05) is 4.68 Å². The maximum absolute atomic E-state index is 5.78. The Morgan fingerprint density at radius 2 is 2.31 bits per heavy atom. The van der Waals surface area contributed by atoms with Gasteiger partial charge in [-0.3, -0.25) is 4.68 Å². The molecule has 0 bridgehead atoms. The summed E-state index contributed by atoms with van der Waals surface area (Å²) in [5, 5.41) is 7.49. The van der Waals surface area contributed by atoms with E-state index in [-0.39, 0.29) is 0 Å². The van der Waals surface area contributed by atoms with Crippen molar-refractivity contribution in [2.45, 2.75) is 39.9 Å². The van der Waals surface area contributed by atoms with E-state index >= 15 is 0 Å². The number of nitrogens with zero attached hydrogens (tertiary/aromatic N) is 2. The minimum Gasteiger partial charge on any atom is -0.396 e. The van der Waals surface area contributed by atoms with Gasteiger partial charge in [0.15, 0.2) is 0 Å². The number of hydrogen-bond acceptors (Lipinski definition) is 3. The van der Waals surface area contributed by atoms with E-state index in [0.29, 0.717) is 6.04 Å². The fourth-order valence-corrected chi connectivity index (χ4v) is 1.19. The van der Waals surface area contributed by atoms with Gasteiger partial charge in [0.1, 0.15) is 0 Å². The second-order valence-corrected chi connectivity index (χ2v) is 3.40. The Morgan fingerprint density at radius 3 is 2.85 bits per heavy atom. The van der Waals surface area contributed by atoms with Crippen LogP contribution in [0.2, 0.25) is 0 Å². The first-order chi connectivity index (χ1) is 6.15. The summed E-state index contributed by atoms with van der Waals surface area (Å²) < 4.78 is 1.92. The fraction of sp³-hybridized carbons (Fsp3) is 0.667. The minimum atomic E-state index is 0.472. The number of rotatable bonds is 4. The van der Waals surface area contributed by atoms with Gasteiger partial charge in [0, 0.05) is 19.1 Å². The highest BCUT2D eigenvalue weighted by Crippen LogP contribution is 2.10. The maximum atomic E-state index is 5.78. The van der Waals surface area contributed by atoms with Crippen LogP contribution in [0.15, 0.2) is 6.20 Å². The van der Waals surface area contributed by atoms with Crippen LogP contribution in [0.4, 0.5) is 5.69 Å². The molecule has 0 atom stereocenters. The highest BCUT2D eigenvalue weighted by Gasteiger charge is 2.06. The molecule has 4 nitrogen and oxygen atoms in total. The molecule has 0 spiro atoms. The number of nitrogens with two attached hydrogens (primary N) is 1. The number of anilines is 1. The van der Waals surface area contributed by atoms with Crippen LogP contribution in [0.25, 0.3) is 0 Å². The molecular formula is C9H18N4. The topological polar surface area (TPSA) is 55.9 Å². The summed E-state index contributed by atoms with van der Waals surface area (Å²) in [6, 6.07) is 0.472. The van der Waals surface area contributed by atoms with Gasteiger partial charge < -0.3 is 11.1 Å². The van der Waals surface area contributed by atoms with E-state index < -0.39 is 0 Å². The fourth-order valence-electron chi connectivity index (χ4n) is 1.19. The van der Waals surface area contributed by atoms with E-state index in [2.05, 4.69) is 31.2 Å². The average molecular weight is 182 g/mol. The molecule has 13 heavy (non-hydrogen) atoms. The highest BCUT2D eigenvalue weighted by molar-refractivity contribution is 5.40. The number of hydrogen-bond donors (Lipinski definition) is 2. The average Bonchev–Trinajstić information content (AvgIpc) is 2.43. The molecule has 0 fully saturated rings. The maximum Gasteiger partial charge on any atom is 0.0751 e. The van der Waals surface area contributed by atoms with Crippen molar-refractivity contribution in [1.82, 2.24) is 15.1 Å². The molecule has 1 rings (SSSR count). The Balaban J connectivity index is 2.68. The van der Waals surface area contributed by atoms with E-state index in [0.717, 1.165) is 24.5 Å². The molecule has 0 aliphatic carbocycles. The molecule has 0 saturated carbocycles. The van der Waals surface area contributed by atoms with Crippen LogP contribution >= 0.6 is 0 Å². The monoisotopic (exact) mass is 182 g/mol. The van der Waals surface area contributed by atoms with Gasteiger partial charge in [-0.25, -0.2) is 0 Å². The third kappa shape index (κ3) is 2.45. The van der Waals surface area contributed by atoms with Crippen LogP contribution in [0.3, 0.4) is 0 Å². The first-order valence-corrected chi connectivity index (χ1v) is 4.68. The number of aryl methyl sites for hydroxylation is 1. The SMILES string of the molecule is CCn1ncc(N)c1CNC(C)C. The largest absolute Gasteiger partial charge is 0.396 e. The molecule has 0 aliphatic rings. The van der Waals surface area contributed by atoms with E-state index in [1.54, 1.807) is 6.20 Å². The lowest BCUT2D eigenvalue weighted by Gasteiger charge is -2.10. The van der Waals surface area contributed by atoms with Crippen LogP contribution in [0, 0.1) is 0 Å². The molecular weight excluding hydrogens is 164 g/mol. The van der Waals surface area contributed by atoms with E-state index in [4.69, 9.17) is 5.73 Å². The zero-order valence-electron chi connectivity index (χ0n) is 8.54. The lowest BCUT2D eigenvalue weighted by atomic mass is 10.3. The quantitative estimate of drug-likeness (QED) is 0.730. The van der Waals surface area contributed by atoms with Crippen LogP contribution in [-0.4, -0.2) is 15.8 Å². The predicted octanol–water partition coefficient (Wildman–Crippen LogP) is 0.983. The molecule has 0 unspecified atom stereocenters. The predicted molar refractivity (Wildman–Crippen MR) is 54.3 cm³/mol. The van der Waals surface area contributed by atoms with E-state index in [9.17, 15) is 0 Å². The lowest BCUT2D eigenvalue weighted by Crippen LogP contribution is -2.24. The molecule has 1 aromatic rings. The number of nitrogens with one attached hydrogen (secondary N) is 1. The summed E-state index contributed by atoms with van der Waals surface area (Å²) in [7, 11) is 0. The summed E-state index contributed by atoms with van der Waals surface area (Å²) >= 11 is 0. The first-order valence-electron chi connectivity index (χ1n) is 4.68. The van der Waals surface area contributed by atoms with Crippen molar-refractivity contribution in [2.24, 2.45) is 0 Å². The third-order valence-corrected chi connectivity index (χ3v) is 1.96. The molecule has 74 valence electrons. The van der Waals surface area contributed by atoms with Crippen LogP contribution < -0.4 is 11.1 Å². The molecule has 3 N–H and O–H groups in total. The Hall–Kier alpha value is -1.03. The van der Waals surface area contributed by atoms with Gasteiger partial charge in [0.25, 0.3) is 0 Å². The summed E-state index contributed by atoms with van der Waals surface area (Å²) in [6.45, 7) is 7.95. The van der Waals surface area contributed by atoms with Crippen molar-refractivity contribution in [3.8, 4) is 0 Å². The smallest absolute Gasteiger partial charge is 0.0751 e. The van der Waals surface area contributed by atoms with Crippen molar-refractivity contribution >= 4 is 5.69 Å². The van der Waals surface area contributed by atoms with Crippen molar-refractivity contribution in [3.63, 3.8) is 0 Å². The van der Waals surface area contributed by atoms with Gasteiger partial charge in [0.2, 0.25) is 0 Å². The second kappa shape index (κ2) is 4.28. The molecule has 0 saturated heterocycles. The summed E-state index contributed by atoms with van der Waals surface area (Å²) in [6.07, 6.45) is 1.71. The third-order valence-electron chi connectivity index (χ3n) is 1.96. The summed E-state index contributed by atoms with van der Waals surface area (Å²) in [4.78, 5) is 0. The standard InChI is InChI=1S/C9H18N4/c1-4-13-9(6-11-7(2)3)8(10)5-12-13/h5,7,11H,4,6,10H2,1-3H3. The van der Waals surface area contributed by atoms with E-state index in [1.165, 1.54) is 0 Å². The van der Waals surface area contributed by atoms with Crippen molar-refractivity contribution in [1.29, 1.82) is 0 Å². The van der Waals surface area contributed by atoms with Crippen molar-refractivity contribution in [3.05, 3.63) is 11.9 Å². The van der Waals surface area contributed by atoms with Gasteiger partial charge in [0.05, 0.1) is 17.6 Å². The molecule has 0 amide bonds. The van der Waals surface area contributed by atoms with Gasteiger partial charge in [-0.1, -0.05) is 13.8 Å². The van der Waals surface area contributed by atoms with Gasteiger partial charge in [-0.2, -0.15) is 5.10 Å². The zero-order chi connectivity index (χ0) is 9.84. The summed E-state index contributed by atoms with van der Waals surface area (Å²) in [5.41, 5.74) is 7.63. The zero-order valence-corrected chi connectivity index (χ0v) is 8.54. The van der Waals surface area contributed by atoms with Gasteiger partial charge in [-0.15, -0.1) is 0 Å². The molecule has 1 aromatic heterocycles. The Labute approximate surface area is 79.1 Å². The first kappa shape index (κ1) is 10.1. The van der Waals surface area contributed by atoms with Gasteiger partial charge in [-0.05, 0) is 6.92 Å². The van der Waals surface area contributed by atoms with Crippen LogP contribution in [0.1, 0.15) is 26.5 Å². The second-order valence-electron chi connectivity index (χ2n) is 3.40. The molecule has 0 radical (unpaired) electrons. The normalized spacial score (nSPS) is 11.1. The van der Waals surface area contributed by atoms with Gasteiger partial charge >= 0.3 is 0 Å². The Morgan fingerprint density at radius 1 is 1.62 bits per heavy atom. The number of aromatic nitrogens is 2. The molecule has 4 heteroatoms. The summed E-state index contributed by atoms with van der Waals surface area (Å²) in [5.74, 6) is 0. The lowest BCUT2D eigenvalue weighted by molar-refractivity contribution is 0.541. The minimum absolute atomic E-state index is 0.472. The molecule has 0 aliphatic heterocycles. The van der Waals surface area contributed by atoms with Crippen molar-refractivity contribution in [2.75, 3.05) is 5.73 Å². The molecule has 0 aromatic carbocycles. The molecule has 1 heterocycles. The van der Waals surface area contributed by atoms with Crippen LogP contribution in [0.5, 0.6) is 0 Å². The van der Waals surface area contributed by atoms with Crippen molar-refractivity contribution < 1.29 is 0 Å².